The molecule has 0 bridgehead atoms. The van der Waals surface area contributed by atoms with Gasteiger partial charge in [0.15, 0.2) is 5.82 Å². The summed E-state index contributed by atoms with van der Waals surface area (Å²) in [5, 5.41) is 3.40. The van der Waals surface area contributed by atoms with Crippen LogP contribution in [0.3, 0.4) is 0 Å². The van der Waals surface area contributed by atoms with Crippen molar-refractivity contribution in [2.75, 3.05) is 5.32 Å². The average molecular weight is 402 g/mol. The highest BCUT2D eigenvalue weighted by molar-refractivity contribution is 14.1. The van der Waals surface area contributed by atoms with Gasteiger partial charge in [0.25, 0.3) is 0 Å². The Hall–Kier alpha value is -1.89. The fourth-order valence-corrected chi connectivity index (χ4v) is 2.83. The number of hydrogen-bond acceptors (Lipinski definition) is 3. The lowest BCUT2D eigenvalue weighted by Gasteiger charge is -2.07. The molecule has 0 aliphatic heterocycles. The summed E-state index contributed by atoms with van der Waals surface area (Å²) in [5.74, 6) is 2.30. The summed E-state index contributed by atoms with van der Waals surface area (Å²) in [7, 11) is 0. The summed E-state index contributed by atoms with van der Waals surface area (Å²) < 4.78 is 1.01. The number of aromatic nitrogens is 3. The van der Waals surface area contributed by atoms with E-state index in [0.717, 1.165) is 32.4 Å². The molecule has 1 aliphatic carbocycles. The van der Waals surface area contributed by atoms with Gasteiger partial charge in [-0.1, -0.05) is 30.3 Å². The maximum atomic E-state index is 4.66. The summed E-state index contributed by atoms with van der Waals surface area (Å²) in [5.41, 5.74) is 3.39. The monoisotopic (exact) mass is 402 g/mol. The lowest BCUT2D eigenvalue weighted by molar-refractivity contribution is 1.05. The third-order valence-electron chi connectivity index (χ3n) is 3.76. The highest BCUT2D eigenvalue weighted by Crippen LogP contribution is 2.40. The van der Waals surface area contributed by atoms with Crippen LogP contribution in [0.1, 0.15) is 24.5 Å². The molecule has 0 unspecified atom stereocenters. The highest BCUT2D eigenvalue weighted by Gasteiger charge is 2.24. The quantitative estimate of drug-likeness (QED) is 0.623. The van der Waals surface area contributed by atoms with Gasteiger partial charge in [0.2, 0.25) is 0 Å². The van der Waals surface area contributed by atoms with Gasteiger partial charge in [0, 0.05) is 23.7 Å². The van der Waals surface area contributed by atoms with Crippen molar-refractivity contribution in [2.45, 2.75) is 18.8 Å². The van der Waals surface area contributed by atoms with Gasteiger partial charge in [-0.25, -0.2) is 9.97 Å². The molecule has 2 aromatic heterocycles. The SMILES string of the molecule is Ic1cnc(-c2ccccc2)nc1Nc1c[nH]c(C2CC2)c1. The standard InChI is InChI=1S/C17H15IN4/c18-14-10-20-16(12-4-2-1-3-5-12)22-17(14)21-13-8-15(19-9-13)11-6-7-11/h1-5,8-11,19H,6-7H2,(H,20,21,22). The zero-order chi connectivity index (χ0) is 14.9. The second kappa shape index (κ2) is 5.72. The van der Waals surface area contributed by atoms with Crippen molar-refractivity contribution in [2.24, 2.45) is 0 Å². The zero-order valence-electron chi connectivity index (χ0n) is 11.9. The molecule has 0 atom stereocenters. The molecule has 4 nitrogen and oxygen atoms in total. The minimum absolute atomic E-state index is 0.722. The fourth-order valence-electron chi connectivity index (χ4n) is 2.43. The van der Waals surface area contributed by atoms with E-state index >= 15 is 0 Å². The molecule has 0 spiro atoms. The molecule has 1 saturated carbocycles. The smallest absolute Gasteiger partial charge is 0.161 e. The van der Waals surface area contributed by atoms with E-state index in [1.54, 1.807) is 0 Å². The van der Waals surface area contributed by atoms with Gasteiger partial charge in [-0.3, -0.25) is 0 Å². The topological polar surface area (TPSA) is 53.6 Å². The van der Waals surface area contributed by atoms with E-state index in [9.17, 15) is 0 Å². The Bertz CT molecular complexity index is 793. The molecule has 22 heavy (non-hydrogen) atoms. The van der Waals surface area contributed by atoms with E-state index in [2.05, 4.69) is 48.9 Å². The molecule has 2 heterocycles. The number of aromatic amines is 1. The number of halogens is 1. The van der Waals surface area contributed by atoms with E-state index in [0.29, 0.717) is 0 Å². The van der Waals surface area contributed by atoms with Crippen LogP contribution < -0.4 is 5.32 Å². The van der Waals surface area contributed by atoms with Crippen LogP contribution in [-0.2, 0) is 0 Å². The Balaban J connectivity index is 1.62. The molecule has 5 heteroatoms. The van der Waals surface area contributed by atoms with E-state index in [1.807, 2.05) is 42.7 Å². The first-order valence-corrected chi connectivity index (χ1v) is 8.41. The molecule has 1 fully saturated rings. The van der Waals surface area contributed by atoms with Gasteiger partial charge in [0.1, 0.15) is 5.82 Å². The molecule has 0 radical (unpaired) electrons. The first kappa shape index (κ1) is 13.8. The Morgan fingerprint density at radius 2 is 2.00 bits per heavy atom. The number of nitrogens with one attached hydrogen (secondary N) is 2. The highest BCUT2D eigenvalue weighted by atomic mass is 127. The molecule has 1 aromatic carbocycles. The van der Waals surface area contributed by atoms with E-state index < -0.39 is 0 Å². The number of H-pyrrole nitrogens is 1. The molecule has 0 saturated heterocycles. The third kappa shape index (κ3) is 2.85. The summed E-state index contributed by atoms with van der Waals surface area (Å²) >= 11 is 2.26. The summed E-state index contributed by atoms with van der Waals surface area (Å²) in [6.45, 7) is 0. The first-order valence-electron chi connectivity index (χ1n) is 7.33. The van der Waals surface area contributed by atoms with Crippen LogP contribution in [0.2, 0.25) is 0 Å². The van der Waals surface area contributed by atoms with Gasteiger partial charge in [-0.05, 0) is 47.4 Å². The van der Waals surface area contributed by atoms with Gasteiger partial charge in [-0.2, -0.15) is 0 Å². The van der Waals surface area contributed by atoms with Crippen molar-refractivity contribution in [1.82, 2.24) is 15.0 Å². The number of anilines is 2. The van der Waals surface area contributed by atoms with Gasteiger partial charge in [-0.15, -0.1) is 0 Å². The maximum Gasteiger partial charge on any atom is 0.161 e. The minimum atomic E-state index is 0.722. The lowest BCUT2D eigenvalue weighted by Crippen LogP contribution is -1.99. The average Bonchev–Trinajstić information content (AvgIpc) is 3.30. The number of nitrogens with zero attached hydrogens (tertiary/aromatic N) is 2. The molecular formula is C17H15IN4. The minimum Gasteiger partial charge on any atom is -0.363 e. The summed E-state index contributed by atoms with van der Waals surface area (Å²) in [6, 6.07) is 12.2. The maximum absolute atomic E-state index is 4.66. The zero-order valence-corrected chi connectivity index (χ0v) is 14.0. The number of rotatable bonds is 4. The largest absolute Gasteiger partial charge is 0.363 e. The number of benzene rings is 1. The van der Waals surface area contributed by atoms with Crippen LogP contribution in [0.5, 0.6) is 0 Å². The van der Waals surface area contributed by atoms with E-state index in [1.165, 1.54) is 18.5 Å². The van der Waals surface area contributed by atoms with Crippen molar-refractivity contribution >= 4 is 34.1 Å². The van der Waals surface area contributed by atoms with Crippen molar-refractivity contribution in [3.8, 4) is 11.4 Å². The first-order chi connectivity index (χ1) is 10.8. The normalized spacial score (nSPS) is 14.0. The van der Waals surface area contributed by atoms with Gasteiger partial charge >= 0.3 is 0 Å². The van der Waals surface area contributed by atoms with Crippen molar-refractivity contribution in [3.63, 3.8) is 0 Å². The third-order valence-corrected chi connectivity index (χ3v) is 4.55. The predicted molar refractivity (Wildman–Crippen MR) is 96.2 cm³/mol. The summed E-state index contributed by atoms with van der Waals surface area (Å²) in [6.07, 6.45) is 6.45. The van der Waals surface area contributed by atoms with Crippen LogP contribution >= 0.6 is 22.6 Å². The molecule has 1 aliphatic rings. The van der Waals surface area contributed by atoms with Crippen LogP contribution in [0.15, 0.2) is 48.8 Å². The van der Waals surface area contributed by atoms with E-state index in [-0.39, 0.29) is 0 Å². The van der Waals surface area contributed by atoms with Crippen LogP contribution in [0.25, 0.3) is 11.4 Å². The second-order valence-electron chi connectivity index (χ2n) is 5.50. The molecule has 110 valence electrons. The predicted octanol–water partition coefficient (Wildman–Crippen LogP) is 4.70. The van der Waals surface area contributed by atoms with Crippen molar-refractivity contribution in [1.29, 1.82) is 0 Å². The number of hydrogen-bond donors (Lipinski definition) is 2. The molecule has 0 amide bonds. The van der Waals surface area contributed by atoms with Gasteiger partial charge in [0.05, 0.1) is 9.26 Å². The lowest BCUT2D eigenvalue weighted by atomic mass is 10.2. The Morgan fingerprint density at radius 3 is 2.77 bits per heavy atom. The molecular weight excluding hydrogens is 387 g/mol. The Morgan fingerprint density at radius 1 is 1.18 bits per heavy atom. The summed E-state index contributed by atoms with van der Waals surface area (Å²) in [4.78, 5) is 12.4. The molecule has 2 N–H and O–H groups in total. The molecule has 4 rings (SSSR count). The van der Waals surface area contributed by atoms with Crippen molar-refractivity contribution in [3.05, 3.63) is 58.1 Å². The Kier molecular flexibility index (Phi) is 3.57. The van der Waals surface area contributed by atoms with Crippen LogP contribution in [0.4, 0.5) is 11.5 Å². The molecule has 3 aromatic rings. The second-order valence-corrected chi connectivity index (χ2v) is 6.66. The van der Waals surface area contributed by atoms with Crippen LogP contribution in [-0.4, -0.2) is 15.0 Å². The van der Waals surface area contributed by atoms with E-state index in [4.69, 9.17) is 0 Å². The van der Waals surface area contributed by atoms with Crippen molar-refractivity contribution < 1.29 is 0 Å². The van der Waals surface area contributed by atoms with Gasteiger partial charge < -0.3 is 10.3 Å². The van der Waals surface area contributed by atoms with Crippen LogP contribution in [0, 0.1) is 3.57 Å². The fraction of sp³-hybridized carbons (Fsp3) is 0.176. The Labute approximate surface area is 142 Å².